The van der Waals surface area contributed by atoms with Crippen LogP contribution in [-0.2, 0) is 19.1 Å². The van der Waals surface area contributed by atoms with Crippen LogP contribution in [0.1, 0.15) is 26.7 Å². The van der Waals surface area contributed by atoms with Gasteiger partial charge in [0.05, 0.1) is 13.0 Å². The average Bonchev–Trinajstić information content (AvgIpc) is 2.90. The summed E-state index contributed by atoms with van der Waals surface area (Å²) in [6.07, 6.45) is -1.36. The van der Waals surface area contributed by atoms with Gasteiger partial charge in [-0.15, -0.1) is 0 Å². The van der Waals surface area contributed by atoms with E-state index in [-0.39, 0.29) is 24.9 Å². The Labute approximate surface area is 156 Å². The van der Waals surface area contributed by atoms with Gasteiger partial charge in [0, 0.05) is 22.7 Å². The Morgan fingerprint density at radius 1 is 1.22 bits per heavy atom. The van der Waals surface area contributed by atoms with Crippen LogP contribution in [0.15, 0.2) is 23.8 Å². The third kappa shape index (κ3) is 1.69. The molecule has 0 aromatic carbocycles. The van der Waals surface area contributed by atoms with Gasteiger partial charge in [-0.05, 0) is 30.9 Å². The lowest BCUT2D eigenvalue weighted by Gasteiger charge is -2.66. The zero-order valence-corrected chi connectivity index (χ0v) is 15.3. The van der Waals surface area contributed by atoms with Gasteiger partial charge in [-0.1, -0.05) is 19.1 Å². The fourth-order valence-electron chi connectivity index (χ4n) is 7.14. The van der Waals surface area contributed by atoms with E-state index in [0.717, 1.165) is 5.57 Å². The second-order valence-corrected chi connectivity index (χ2v) is 9.15. The third-order valence-corrected chi connectivity index (χ3v) is 8.19. The highest BCUT2D eigenvalue weighted by Gasteiger charge is 2.81. The van der Waals surface area contributed by atoms with Crippen molar-refractivity contribution in [2.24, 2.45) is 28.6 Å². The summed E-state index contributed by atoms with van der Waals surface area (Å²) in [6, 6.07) is 0. The van der Waals surface area contributed by atoms with Crippen LogP contribution in [-0.4, -0.2) is 57.8 Å². The number of carbonyl (C=O) groups excluding carboxylic acids is 2. The molecule has 4 fully saturated rings. The summed E-state index contributed by atoms with van der Waals surface area (Å²) in [5.74, 6) is -4.25. The third-order valence-electron chi connectivity index (χ3n) is 8.19. The molecule has 0 radical (unpaired) electrons. The summed E-state index contributed by atoms with van der Waals surface area (Å²) in [6.45, 7) is 7.64. The van der Waals surface area contributed by atoms with Crippen LogP contribution in [0, 0.1) is 28.6 Å². The van der Waals surface area contributed by atoms with Crippen LogP contribution in [0.25, 0.3) is 0 Å². The predicted molar refractivity (Wildman–Crippen MR) is 90.9 cm³/mol. The molecule has 27 heavy (non-hydrogen) atoms. The molecule has 3 aliphatic carbocycles. The number of carbonyl (C=O) groups is 2. The van der Waals surface area contributed by atoms with Crippen molar-refractivity contribution in [2.45, 2.75) is 50.8 Å². The molecule has 2 aliphatic heterocycles. The van der Waals surface area contributed by atoms with E-state index in [1.807, 2.05) is 6.92 Å². The zero-order valence-electron chi connectivity index (χ0n) is 15.3. The van der Waals surface area contributed by atoms with Gasteiger partial charge in [0.1, 0.15) is 18.3 Å². The van der Waals surface area contributed by atoms with E-state index in [0.29, 0.717) is 12.0 Å². The number of fused-ring (bicyclic) bond motifs is 1. The van der Waals surface area contributed by atoms with Crippen molar-refractivity contribution in [3.8, 4) is 0 Å². The molecule has 0 aromatic heterocycles. The van der Waals surface area contributed by atoms with E-state index in [9.17, 15) is 24.9 Å². The van der Waals surface area contributed by atoms with E-state index in [2.05, 4.69) is 6.58 Å². The van der Waals surface area contributed by atoms with Crippen LogP contribution >= 0.6 is 0 Å². The maximum atomic E-state index is 12.5. The molecular weight excluding hydrogens is 352 g/mol. The number of aliphatic hydroxyl groups excluding tert-OH is 2. The fraction of sp³-hybridized carbons (Fsp3) is 0.700. The van der Waals surface area contributed by atoms with E-state index in [4.69, 9.17) is 9.47 Å². The molecule has 0 aromatic rings. The normalized spacial score (nSPS) is 56.2. The minimum Gasteiger partial charge on any atom is -0.462 e. The first-order valence-electron chi connectivity index (χ1n) is 9.41. The van der Waals surface area contributed by atoms with Crippen molar-refractivity contribution < 1.29 is 34.4 Å². The van der Waals surface area contributed by atoms with Crippen LogP contribution < -0.4 is 0 Å². The number of esters is 1. The summed E-state index contributed by atoms with van der Waals surface area (Å²) < 4.78 is 11.5. The van der Waals surface area contributed by atoms with Crippen LogP contribution in [0.5, 0.6) is 0 Å². The lowest BCUT2D eigenvalue weighted by atomic mass is 9.39. The molecule has 0 amide bonds. The zero-order chi connectivity index (χ0) is 19.5. The molecule has 2 bridgehead atoms. The standard InChI is InChI=1S/C20H24O7/c1-8-4-12(21)16(24)18(3)10(8)5-13-19-7-26-20(25,17(18)19)15(23)9(2)11(19)6-14(22)27-13/h4,10-11,13,15-17,23-25H,2,5-7H2,1,3H3/t10-,11+,13-,15-,16-,17-,18+,19+,20-/m1/s1. The van der Waals surface area contributed by atoms with Crippen molar-refractivity contribution in [2.75, 3.05) is 6.61 Å². The number of aliphatic hydroxyl groups is 3. The minimum absolute atomic E-state index is 0.0436. The molecule has 2 saturated heterocycles. The van der Waals surface area contributed by atoms with Crippen molar-refractivity contribution in [3.63, 3.8) is 0 Å². The Morgan fingerprint density at radius 3 is 2.63 bits per heavy atom. The van der Waals surface area contributed by atoms with Crippen molar-refractivity contribution >= 4 is 11.8 Å². The van der Waals surface area contributed by atoms with Gasteiger partial charge in [0.15, 0.2) is 11.6 Å². The van der Waals surface area contributed by atoms with E-state index < -0.39 is 52.5 Å². The smallest absolute Gasteiger partial charge is 0.306 e. The van der Waals surface area contributed by atoms with Gasteiger partial charge >= 0.3 is 5.97 Å². The number of ketones is 1. The molecule has 7 nitrogen and oxygen atoms in total. The average molecular weight is 376 g/mol. The highest BCUT2D eigenvalue weighted by molar-refractivity contribution is 5.96. The van der Waals surface area contributed by atoms with Gasteiger partial charge in [0.25, 0.3) is 0 Å². The van der Waals surface area contributed by atoms with Crippen molar-refractivity contribution in [3.05, 3.63) is 23.8 Å². The van der Waals surface area contributed by atoms with E-state index in [1.165, 1.54) is 6.08 Å². The highest BCUT2D eigenvalue weighted by Crippen LogP contribution is 2.73. The van der Waals surface area contributed by atoms with Gasteiger partial charge < -0.3 is 24.8 Å². The summed E-state index contributed by atoms with van der Waals surface area (Å²) in [5, 5.41) is 33.3. The Bertz CT molecular complexity index is 817. The molecule has 9 atom stereocenters. The maximum absolute atomic E-state index is 12.5. The topological polar surface area (TPSA) is 113 Å². The van der Waals surface area contributed by atoms with Gasteiger partial charge in [0.2, 0.25) is 0 Å². The molecule has 3 N–H and O–H groups in total. The Kier molecular flexibility index (Phi) is 3.18. The second kappa shape index (κ2) is 4.89. The van der Waals surface area contributed by atoms with Gasteiger partial charge in [-0.3, -0.25) is 9.59 Å². The van der Waals surface area contributed by atoms with Crippen LogP contribution in [0.3, 0.4) is 0 Å². The molecule has 2 heterocycles. The molecule has 0 unspecified atom stereocenters. The second-order valence-electron chi connectivity index (χ2n) is 9.15. The highest BCUT2D eigenvalue weighted by atomic mass is 16.6. The lowest BCUT2D eigenvalue weighted by Crippen LogP contribution is -2.74. The number of allylic oxidation sites excluding steroid dienone is 1. The van der Waals surface area contributed by atoms with Gasteiger partial charge in [-0.2, -0.15) is 0 Å². The fourth-order valence-corrected chi connectivity index (χ4v) is 7.14. The summed E-state index contributed by atoms with van der Waals surface area (Å²) in [4.78, 5) is 24.8. The largest absolute Gasteiger partial charge is 0.462 e. The summed E-state index contributed by atoms with van der Waals surface area (Å²) >= 11 is 0. The SMILES string of the molecule is C=C1[C@@H](O)[C@@]2(O)OC[C@@]34[C@H]2[C@]2(C)[C@H](O)C(=O)C=C(C)[C@H]2C[C@H]3OC(=O)C[C@@H]14. The first kappa shape index (κ1) is 17.6. The predicted octanol–water partition coefficient (Wildman–Crippen LogP) is 0.0863. The Hall–Kier alpha value is -1.54. The van der Waals surface area contributed by atoms with E-state index in [1.54, 1.807) is 6.92 Å². The maximum Gasteiger partial charge on any atom is 0.306 e. The summed E-state index contributed by atoms with van der Waals surface area (Å²) in [5.41, 5.74) is -0.730. The number of ether oxygens (including phenoxy) is 2. The Morgan fingerprint density at radius 2 is 1.93 bits per heavy atom. The first-order valence-corrected chi connectivity index (χ1v) is 9.41. The van der Waals surface area contributed by atoms with Crippen molar-refractivity contribution in [1.82, 2.24) is 0 Å². The molecular formula is C20H24O7. The molecule has 5 rings (SSSR count). The van der Waals surface area contributed by atoms with Crippen LogP contribution in [0.4, 0.5) is 0 Å². The molecule has 7 heteroatoms. The molecule has 1 spiro atoms. The number of hydrogen-bond donors (Lipinski definition) is 3. The van der Waals surface area contributed by atoms with Crippen LogP contribution in [0.2, 0.25) is 0 Å². The monoisotopic (exact) mass is 376 g/mol. The van der Waals surface area contributed by atoms with Gasteiger partial charge in [-0.25, -0.2) is 0 Å². The quantitative estimate of drug-likeness (QED) is 0.405. The summed E-state index contributed by atoms with van der Waals surface area (Å²) in [7, 11) is 0. The first-order chi connectivity index (χ1) is 12.6. The Balaban J connectivity index is 1.79. The lowest BCUT2D eigenvalue weighted by molar-refractivity contribution is -0.305. The molecule has 2 saturated carbocycles. The minimum atomic E-state index is -1.98. The molecule has 5 aliphatic rings. The molecule has 146 valence electrons. The van der Waals surface area contributed by atoms with E-state index >= 15 is 0 Å². The van der Waals surface area contributed by atoms with Crippen molar-refractivity contribution in [1.29, 1.82) is 0 Å². The number of hydrogen-bond acceptors (Lipinski definition) is 7. The number of rotatable bonds is 0.